The Labute approximate surface area is 233 Å². The number of halogens is 3. The number of hydrogen-bond donors (Lipinski definition) is 2. The third-order valence-corrected chi connectivity index (χ3v) is 9.81. The molecule has 7 heteroatoms. The van der Waals surface area contributed by atoms with E-state index in [0.717, 1.165) is 52.7 Å². The van der Waals surface area contributed by atoms with Gasteiger partial charge < -0.3 is 15.2 Å². The van der Waals surface area contributed by atoms with Crippen LogP contribution in [0.4, 0.5) is 0 Å². The molecule has 7 rings (SSSR count). The smallest absolute Gasteiger partial charge is 0.253 e. The molecule has 4 saturated carbocycles. The molecule has 1 amide bonds. The van der Waals surface area contributed by atoms with Gasteiger partial charge in [0.2, 0.25) is 0 Å². The molecule has 4 aliphatic carbocycles. The Morgan fingerprint density at radius 3 is 2.22 bits per heavy atom. The van der Waals surface area contributed by atoms with Crippen LogP contribution in [0.2, 0.25) is 15.1 Å². The Balaban J connectivity index is 1.19. The molecule has 194 valence electrons. The molecule has 0 unspecified atom stereocenters. The van der Waals surface area contributed by atoms with Gasteiger partial charge in [0.25, 0.3) is 5.91 Å². The zero-order valence-electron chi connectivity index (χ0n) is 20.9. The first-order valence-electron chi connectivity index (χ1n) is 13.3. The lowest BCUT2D eigenvalue weighted by Gasteiger charge is -2.54. The summed E-state index contributed by atoms with van der Waals surface area (Å²) in [6, 6.07) is 13.8. The number of aromatic nitrogens is 1. The van der Waals surface area contributed by atoms with Crippen LogP contribution in [0.5, 0.6) is 0 Å². The first-order valence-corrected chi connectivity index (χ1v) is 14.5. The summed E-state index contributed by atoms with van der Waals surface area (Å²) in [6.07, 6.45) is 8.93. The molecule has 0 radical (unpaired) electrons. The van der Waals surface area contributed by atoms with Gasteiger partial charge in [-0.05, 0) is 104 Å². The van der Waals surface area contributed by atoms with Crippen LogP contribution in [0.15, 0.2) is 48.7 Å². The monoisotopic (exact) mass is 555 g/mol. The lowest BCUT2D eigenvalue weighted by molar-refractivity contribution is -0.0133. The highest BCUT2D eigenvalue weighted by molar-refractivity contribution is 6.42. The second-order valence-electron chi connectivity index (χ2n) is 11.2. The van der Waals surface area contributed by atoms with E-state index >= 15 is 0 Å². The van der Waals surface area contributed by atoms with Gasteiger partial charge in [-0.25, -0.2) is 0 Å². The molecule has 4 aliphatic rings. The Morgan fingerprint density at radius 2 is 1.57 bits per heavy atom. The summed E-state index contributed by atoms with van der Waals surface area (Å²) in [4.78, 5) is 13.3. The van der Waals surface area contributed by atoms with Crippen LogP contribution in [0.3, 0.4) is 0 Å². The lowest BCUT2D eigenvalue weighted by atomic mass is 9.54. The van der Waals surface area contributed by atoms with E-state index in [-0.39, 0.29) is 5.91 Å². The van der Waals surface area contributed by atoms with Gasteiger partial charge in [-0.2, -0.15) is 0 Å². The van der Waals surface area contributed by atoms with Gasteiger partial charge in [-0.1, -0.05) is 46.9 Å². The van der Waals surface area contributed by atoms with Crippen LogP contribution in [0, 0.1) is 30.6 Å². The number of carbonyl (C=O) groups is 1. The van der Waals surface area contributed by atoms with Crippen molar-refractivity contribution in [2.24, 2.45) is 23.7 Å². The van der Waals surface area contributed by atoms with E-state index in [1.165, 1.54) is 32.1 Å². The summed E-state index contributed by atoms with van der Waals surface area (Å²) in [5.41, 5.74) is 4.28. The first kappa shape index (κ1) is 25.3. The van der Waals surface area contributed by atoms with Gasteiger partial charge in [0, 0.05) is 36.0 Å². The molecular weight excluding hydrogens is 525 g/mol. The van der Waals surface area contributed by atoms with Gasteiger partial charge >= 0.3 is 0 Å². The number of amides is 1. The van der Waals surface area contributed by atoms with Gasteiger partial charge in [0.1, 0.15) is 0 Å². The Hall–Kier alpha value is -1.98. The summed E-state index contributed by atoms with van der Waals surface area (Å²) in [7, 11) is 0. The van der Waals surface area contributed by atoms with Crippen LogP contribution in [0.25, 0.3) is 16.9 Å². The van der Waals surface area contributed by atoms with E-state index in [0.29, 0.717) is 33.2 Å². The topological polar surface area (TPSA) is 46.1 Å². The second-order valence-corrected chi connectivity index (χ2v) is 12.4. The molecule has 2 aromatic carbocycles. The molecule has 1 heterocycles. The molecule has 3 aromatic rings. The highest BCUT2D eigenvalue weighted by atomic mass is 35.5. The maximum Gasteiger partial charge on any atom is 0.253 e. The average Bonchev–Trinajstić information content (AvgIpc) is 3.22. The summed E-state index contributed by atoms with van der Waals surface area (Å²) < 4.78 is 2.00. The third-order valence-electron chi connectivity index (χ3n) is 8.82. The fraction of sp³-hybridized carbons (Fsp3) is 0.433. The van der Waals surface area contributed by atoms with E-state index in [4.69, 9.17) is 34.8 Å². The van der Waals surface area contributed by atoms with Gasteiger partial charge in [0.05, 0.1) is 21.3 Å². The van der Waals surface area contributed by atoms with Crippen LogP contribution in [-0.4, -0.2) is 29.6 Å². The van der Waals surface area contributed by atoms with E-state index in [1.807, 2.05) is 54.1 Å². The van der Waals surface area contributed by atoms with Crippen molar-refractivity contribution in [2.45, 2.75) is 45.1 Å². The molecule has 4 fully saturated rings. The molecule has 0 atom stereocenters. The Morgan fingerprint density at radius 1 is 0.892 bits per heavy atom. The second kappa shape index (κ2) is 10.3. The molecule has 4 bridgehead atoms. The van der Waals surface area contributed by atoms with Crippen molar-refractivity contribution in [1.29, 1.82) is 0 Å². The van der Waals surface area contributed by atoms with Crippen molar-refractivity contribution in [3.63, 3.8) is 0 Å². The van der Waals surface area contributed by atoms with Crippen molar-refractivity contribution in [3.05, 3.63) is 74.9 Å². The predicted octanol–water partition coefficient (Wildman–Crippen LogP) is 7.56. The Kier molecular flexibility index (Phi) is 7.04. The maximum atomic E-state index is 13.3. The number of benzene rings is 2. The summed E-state index contributed by atoms with van der Waals surface area (Å²) in [6.45, 7) is 3.39. The number of nitrogens with zero attached hydrogens (tertiary/aromatic N) is 1. The molecule has 0 aliphatic heterocycles. The van der Waals surface area contributed by atoms with Crippen molar-refractivity contribution in [2.75, 3.05) is 13.1 Å². The Bertz CT molecular complexity index is 1290. The quantitative estimate of drug-likeness (QED) is 0.295. The van der Waals surface area contributed by atoms with Gasteiger partial charge in [-0.3, -0.25) is 4.79 Å². The molecule has 0 spiro atoms. The summed E-state index contributed by atoms with van der Waals surface area (Å²) >= 11 is 18.7. The molecule has 37 heavy (non-hydrogen) atoms. The lowest BCUT2D eigenvalue weighted by Crippen LogP contribution is -2.55. The summed E-state index contributed by atoms with van der Waals surface area (Å²) in [5, 5.41) is 8.59. The maximum absolute atomic E-state index is 13.3. The summed E-state index contributed by atoms with van der Waals surface area (Å²) in [5.74, 6) is 3.53. The fourth-order valence-corrected chi connectivity index (χ4v) is 7.82. The minimum atomic E-state index is -0.0709. The van der Waals surface area contributed by atoms with Crippen molar-refractivity contribution in [3.8, 4) is 16.9 Å². The minimum Gasteiger partial charge on any atom is -0.351 e. The number of rotatable bonds is 7. The molecule has 1 aromatic heterocycles. The van der Waals surface area contributed by atoms with Gasteiger partial charge in [0.15, 0.2) is 0 Å². The predicted molar refractivity (Wildman–Crippen MR) is 152 cm³/mol. The molecule has 2 N–H and O–H groups in total. The van der Waals surface area contributed by atoms with Crippen molar-refractivity contribution in [1.82, 2.24) is 15.2 Å². The molecular formula is C30H32Cl3N3O. The molecule has 4 nitrogen and oxygen atoms in total. The van der Waals surface area contributed by atoms with E-state index < -0.39 is 0 Å². The zero-order chi connectivity index (χ0) is 25.7. The normalized spacial score (nSPS) is 26.0. The number of hydrogen-bond acceptors (Lipinski definition) is 2. The van der Waals surface area contributed by atoms with Crippen LogP contribution >= 0.6 is 34.8 Å². The third kappa shape index (κ3) is 4.94. The standard InChI is InChI=1S/C30H32Cl3N3O/c1-17-25(30(37)35-9-8-34-28-21-11-18-10-19(13-21)14-22(28)12-18)16-36(24-6-7-26(32)27(33)15-24)29(17)20-2-4-23(31)5-3-20/h2-7,15-16,18-19,21-22,28,34H,8-14H2,1H3,(H,35,37). The minimum absolute atomic E-state index is 0.0709. The van der Waals surface area contributed by atoms with Crippen molar-refractivity contribution < 1.29 is 4.79 Å². The highest BCUT2D eigenvalue weighted by Gasteiger charge is 2.47. The number of carbonyl (C=O) groups excluding carboxylic acids is 1. The average molecular weight is 557 g/mol. The SMILES string of the molecule is Cc1c(C(=O)NCCNC2C3CC4CC(C3)CC2C4)cn(-c2ccc(Cl)c(Cl)c2)c1-c1ccc(Cl)cc1. The zero-order valence-corrected chi connectivity index (χ0v) is 23.2. The van der Waals surface area contributed by atoms with Crippen LogP contribution in [-0.2, 0) is 0 Å². The van der Waals surface area contributed by atoms with Crippen LogP contribution in [0.1, 0.15) is 48.0 Å². The van der Waals surface area contributed by atoms with Gasteiger partial charge in [-0.15, -0.1) is 0 Å². The van der Waals surface area contributed by atoms with E-state index in [2.05, 4.69) is 10.6 Å². The van der Waals surface area contributed by atoms with Crippen LogP contribution < -0.4 is 10.6 Å². The first-order chi connectivity index (χ1) is 17.9. The van der Waals surface area contributed by atoms with Crippen molar-refractivity contribution >= 4 is 40.7 Å². The van der Waals surface area contributed by atoms with E-state index in [9.17, 15) is 4.79 Å². The molecule has 0 saturated heterocycles. The highest BCUT2D eigenvalue weighted by Crippen LogP contribution is 2.53. The van der Waals surface area contributed by atoms with E-state index in [1.54, 1.807) is 6.07 Å². The fourth-order valence-electron chi connectivity index (χ4n) is 7.40. The largest absolute Gasteiger partial charge is 0.351 e. The number of nitrogens with one attached hydrogen (secondary N) is 2.